The first-order valence-corrected chi connectivity index (χ1v) is 14.5. The standard InChI is InChI=1S/C26H25Cl2F3N4O2S/c1-34-24(17-4-7-21(27)22(28)11-17)12-23(32-34)16-3-2-15-9-19-5-6-20(10-18(15)8-16)25(19)13-35(14-26(29,30)31)38(36,37)33-25/h2-4,7-8,11-12,19-20,33H,5-6,9-10,13-14H2,1H3/t19-,20+,25-/m1/s1. The molecule has 1 saturated carbocycles. The molecule has 12 heteroatoms. The van der Waals surface area contributed by atoms with E-state index in [1.54, 1.807) is 16.8 Å². The summed E-state index contributed by atoms with van der Waals surface area (Å²) in [5, 5.41) is 5.63. The summed E-state index contributed by atoms with van der Waals surface area (Å²) in [7, 11) is -2.36. The van der Waals surface area contributed by atoms with Crippen molar-refractivity contribution in [1.29, 1.82) is 0 Å². The van der Waals surface area contributed by atoms with Gasteiger partial charge in [-0.15, -0.1) is 0 Å². The van der Waals surface area contributed by atoms with Crippen LogP contribution in [0.1, 0.15) is 24.0 Å². The summed E-state index contributed by atoms with van der Waals surface area (Å²) in [6.45, 7) is -1.63. The van der Waals surface area contributed by atoms with Crippen molar-refractivity contribution in [3.63, 3.8) is 0 Å². The highest BCUT2D eigenvalue weighted by molar-refractivity contribution is 7.87. The highest BCUT2D eigenvalue weighted by Gasteiger charge is 2.60. The van der Waals surface area contributed by atoms with Crippen molar-refractivity contribution in [3.05, 3.63) is 63.6 Å². The van der Waals surface area contributed by atoms with Crippen LogP contribution in [0.25, 0.3) is 22.5 Å². The Kier molecular flexibility index (Phi) is 6.16. The second-order valence-electron chi connectivity index (χ2n) is 10.6. The van der Waals surface area contributed by atoms with Crippen LogP contribution in [0.2, 0.25) is 10.0 Å². The smallest absolute Gasteiger partial charge is 0.267 e. The number of nitrogens with zero attached hydrogens (tertiary/aromatic N) is 3. The maximum atomic E-state index is 13.1. The number of aromatic nitrogens is 2. The minimum Gasteiger partial charge on any atom is -0.267 e. The Hall–Kier alpha value is -2.11. The quantitative estimate of drug-likeness (QED) is 0.433. The van der Waals surface area contributed by atoms with Crippen LogP contribution in [0.5, 0.6) is 0 Å². The molecule has 3 aliphatic rings. The molecule has 2 aromatic carbocycles. The summed E-state index contributed by atoms with van der Waals surface area (Å²) in [4.78, 5) is 0. The van der Waals surface area contributed by atoms with Gasteiger partial charge in [0.2, 0.25) is 0 Å². The number of fused-ring (bicyclic) bond motifs is 1. The Morgan fingerprint density at radius 1 is 1.00 bits per heavy atom. The molecule has 3 aromatic rings. The third kappa shape index (κ3) is 4.44. The predicted octanol–water partition coefficient (Wildman–Crippen LogP) is 5.64. The van der Waals surface area contributed by atoms with Gasteiger partial charge in [0.15, 0.2) is 0 Å². The van der Waals surface area contributed by atoms with Gasteiger partial charge in [0.25, 0.3) is 10.2 Å². The second kappa shape index (κ2) is 8.96. The summed E-state index contributed by atoms with van der Waals surface area (Å²) < 4.78 is 69.9. The van der Waals surface area contributed by atoms with Crippen molar-refractivity contribution in [1.82, 2.24) is 18.8 Å². The van der Waals surface area contributed by atoms with E-state index in [9.17, 15) is 21.6 Å². The maximum Gasteiger partial charge on any atom is 0.402 e. The number of aryl methyl sites for hydroxylation is 1. The van der Waals surface area contributed by atoms with E-state index >= 15 is 0 Å². The van der Waals surface area contributed by atoms with Gasteiger partial charge in [-0.05, 0) is 72.9 Å². The molecule has 6 rings (SSSR count). The first-order chi connectivity index (χ1) is 17.8. The van der Waals surface area contributed by atoms with Crippen molar-refractivity contribution in [2.75, 3.05) is 13.1 Å². The minimum absolute atomic E-state index is 0.0660. The van der Waals surface area contributed by atoms with Crippen molar-refractivity contribution in [2.24, 2.45) is 18.9 Å². The summed E-state index contributed by atoms with van der Waals surface area (Å²) in [5.41, 5.74) is 4.75. The van der Waals surface area contributed by atoms with Crippen molar-refractivity contribution in [2.45, 2.75) is 37.4 Å². The highest BCUT2D eigenvalue weighted by atomic mass is 35.5. The Labute approximate surface area is 228 Å². The lowest BCUT2D eigenvalue weighted by Crippen LogP contribution is -2.52. The molecule has 1 aromatic heterocycles. The monoisotopic (exact) mass is 584 g/mol. The Morgan fingerprint density at radius 3 is 2.37 bits per heavy atom. The molecule has 2 aliphatic carbocycles. The van der Waals surface area contributed by atoms with Gasteiger partial charge in [-0.2, -0.15) is 35.7 Å². The average molecular weight is 585 g/mol. The zero-order valence-electron chi connectivity index (χ0n) is 20.4. The number of benzene rings is 2. The normalized spacial score (nSPS) is 26.6. The van der Waals surface area contributed by atoms with Crippen molar-refractivity contribution >= 4 is 33.4 Å². The topological polar surface area (TPSA) is 67.2 Å². The van der Waals surface area contributed by atoms with E-state index in [1.807, 2.05) is 31.3 Å². The molecule has 6 nitrogen and oxygen atoms in total. The van der Waals surface area contributed by atoms with Crippen molar-refractivity contribution in [3.8, 4) is 22.5 Å². The van der Waals surface area contributed by atoms with Crippen LogP contribution in [0, 0.1) is 11.8 Å². The molecule has 0 amide bonds. The first-order valence-electron chi connectivity index (χ1n) is 12.3. The van der Waals surface area contributed by atoms with Gasteiger partial charge in [0.1, 0.15) is 6.54 Å². The van der Waals surface area contributed by atoms with Crippen LogP contribution in [-0.2, 0) is 30.1 Å². The van der Waals surface area contributed by atoms with Gasteiger partial charge in [-0.3, -0.25) is 4.68 Å². The molecule has 2 bridgehead atoms. The number of hydrogen-bond donors (Lipinski definition) is 1. The number of nitrogens with one attached hydrogen (secondary N) is 1. The molecule has 3 atom stereocenters. The summed E-state index contributed by atoms with van der Waals surface area (Å²) in [5.74, 6) is -0.156. The van der Waals surface area contributed by atoms with E-state index in [0.29, 0.717) is 27.2 Å². The number of rotatable bonds is 3. The van der Waals surface area contributed by atoms with Crippen LogP contribution >= 0.6 is 23.2 Å². The molecule has 1 spiro atoms. The molecule has 38 heavy (non-hydrogen) atoms. The van der Waals surface area contributed by atoms with Crippen LogP contribution in [-0.4, -0.2) is 47.3 Å². The van der Waals surface area contributed by atoms with E-state index in [1.165, 1.54) is 0 Å². The summed E-state index contributed by atoms with van der Waals surface area (Å²) in [6.07, 6.45) is -1.84. The average Bonchev–Trinajstić information content (AvgIpc) is 3.40. The van der Waals surface area contributed by atoms with Gasteiger partial charge in [-0.25, -0.2) is 0 Å². The molecular weight excluding hydrogens is 560 g/mol. The van der Waals surface area contributed by atoms with Gasteiger partial charge in [-0.1, -0.05) is 41.4 Å². The lowest BCUT2D eigenvalue weighted by atomic mass is 9.79. The SMILES string of the molecule is Cn1nc(-c2ccc3c(c2)C[C@@H]2CC[C@H](C3)[C@]23CN(CC(F)(F)F)S(=O)(=O)N3)cc1-c1ccc(Cl)c(Cl)c1. The van der Waals surface area contributed by atoms with Gasteiger partial charge in [0, 0.05) is 24.7 Å². The van der Waals surface area contributed by atoms with Gasteiger partial charge in [0.05, 0.1) is 27.0 Å². The number of halogens is 5. The zero-order chi connectivity index (χ0) is 27.0. The molecule has 2 heterocycles. The molecular formula is C26H25Cl2F3N4O2S. The Morgan fingerprint density at radius 2 is 1.68 bits per heavy atom. The summed E-state index contributed by atoms with van der Waals surface area (Å²) in [6, 6.07) is 13.5. The fourth-order valence-electron chi connectivity index (χ4n) is 6.54. The second-order valence-corrected chi connectivity index (χ2v) is 13.0. The van der Waals surface area contributed by atoms with Crippen LogP contribution in [0.3, 0.4) is 0 Å². The fourth-order valence-corrected chi connectivity index (χ4v) is 8.54. The molecule has 202 valence electrons. The lowest BCUT2D eigenvalue weighted by Gasteiger charge is -2.33. The van der Waals surface area contributed by atoms with E-state index in [4.69, 9.17) is 28.3 Å². The minimum atomic E-state index is -4.60. The maximum absolute atomic E-state index is 13.1. The summed E-state index contributed by atoms with van der Waals surface area (Å²) >= 11 is 12.3. The van der Waals surface area contributed by atoms with E-state index in [2.05, 4.69) is 10.8 Å². The van der Waals surface area contributed by atoms with E-state index < -0.39 is 28.5 Å². The number of alkyl halides is 3. The Bertz CT molecular complexity index is 1540. The molecule has 0 radical (unpaired) electrons. The molecule has 0 unspecified atom stereocenters. The van der Waals surface area contributed by atoms with Crippen LogP contribution < -0.4 is 4.72 Å². The molecule has 1 aliphatic heterocycles. The lowest BCUT2D eigenvalue weighted by molar-refractivity contribution is -0.136. The fraction of sp³-hybridized carbons (Fsp3) is 0.423. The van der Waals surface area contributed by atoms with E-state index in [-0.39, 0.29) is 18.4 Å². The van der Waals surface area contributed by atoms with Gasteiger partial charge >= 0.3 is 6.18 Å². The van der Waals surface area contributed by atoms with E-state index in [0.717, 1.165) is 46.5 Å². The molecule has 2 fully saturated rings. The van der Waals surface area contributed by atoms with Gasteiger partial charge < -0.3 is 0 Å². The molecule has 1 N–H and O–H groups in total. The molecule has 1 saturated heterocycles. The highest BCUT2D eigenvalue weighted by Crippen LogP contribution is 2.51. The van der Waals surface area contributed by atoms with Crippen LogP contribution in [0.4, 0.5) is 13.2 Å². The number of hydrogen-bond acceptors (Lipinski definition) is 3. The zero-order valence-corrected chi connectivity index (χ0v) is 22.7. The third-order valence-corrected chi connectivity index (χ3v) is 10.6. The largest absolute Gasteiger partial charge is 0.402 e. The third-order valence-electron chi connectivity index (χ3n) is 8.30. The Balaban J connectivity index is 1.31. The van der Waals surface area contributed by atoms with Crippen LogP contribution in [0.15, 0.2) is 42.5 Å². The predicted molar refractivity (Wildman–Crippen MR) is 140 cm³/mol. The first kappa shape index (κ1) is 26.1. The van der Waals surface area contributed by atoms with Crippen molar-refractivity contribution < 1.29 is 21.6 Å².